The molecule has 0 aliphatic rings. The Kier molecular flexibility index (Phi) is 6.67. The van der Waals surface area contributed by atoms with Crippen LogP contribution in [-0.2, 0) is 19.1 Å². The Morgan fingerprint density at radius 3 is 2.56 bits per heavy atom. The van der Waals surface area contributed by atoms with Gasteiger partial charge in [-0.2, -0.15) is 0 Å². The molecule has 1 unspecified atom stereocenters. The number of ether oxygens (including phenoxy) is 2. The summed E-state index contributed by atoms with van der Waals surface area (Å²) < 4.78 is 9.71. The van der Waals surface area contributed by atoms with Crippen LogP contribution in [0.25, 0.3) is 0 Å². The molecule has 0 heterocycles. The lowest BCUT2D eigenvalue weighted by Gasteiger charge is -2.15. The van der Waals surface area contributed by atoms with Crippen molar-refractivity contribution in [1.82, 2.24) is 0 Å². The molecule has 0 aliphatic carbocycles. The van der Waals surface area contributed by atoms with Gasteiger partial charge in [0.05, 0.1) is 11.8 Å². The first-order chi connectivity index (χ1) is 7.54. The molecule has 5 heteroatoms. The van der Waals surface area contributed by atoms with E-state index in [1.807, 2.05) is 0 Å². The lowest BCUT2D eigenvalue weighted by atomic mass is 10.3. The molecule has 90 valence electrons. The van der Waals surface area contributed by atoms with Crippen molar-refractivity contribution in [3.05, 3.63) is 24.5 Å². The molecule has 0 saturated carbocycles. The molecule has 16 heavy (non-hydrogen) atoms. The van der Waals surface area contributed by atoms with Gasteiger partial charge in [0.1, 0.15) is 12.7 Å². The molecule has 0 spiro atoms. The van der Waals surface area contributed by atoms with Gasteiger partial charge in [-0.25, -0.2) is 9.59 Å². The molecule has 0 aliphatic heterocycles. The van der Waals surface area contributed by atoms with E-state index in [0.29, 0.717) is 12.7 Å². The molecular weight excluding hydrogens is 212 g/mol. The maximum absolute atomic E-state index is 11.2. The minimum atomic E-state index is -0.635. The molecule has 5 nitrogen and oxygen atoms in total. The second-order valence-corrected chi connectivity index (χ2v) is 3.08. The molecule has 0 saturated heterocycles. The predicted octanol–water partition coefficient (Wildman–Crippen LogP) is 1.50. The average Bonchev–Trinajstić information content (AvgIpc) is 2.32. The lowest BCUT2D eigenvalue weighted by Crippen LogP contribution is -2.24. The highest BCUT2D eigenvalue weighted by Crippen LogP contribution is 2.04. The van der Waals surface area contributed by atoms with Crippen LogP contribution >= 0.6 is 0 Å². The third-order valence-corrected chi connectivity index (χ3v) is 1.82. The van der Waals surface area contributed by atoms with Gasteiger partial charge < -0.3 is 14.6 Å². The summed E-state index contributed by atoms with van der Waals surface area (Å²) in [4.78, 5) is 22.0. The predicted molar refractivity (Wildman–Crippen MR) is 57.7 cm³/mol. The fourth-order valence-electron chi connectivity index (χ4n) is 0.766. The van der Waals surface area contributed by atoms with Crippen LogP contribution in [0, 0.1) is 0 Å². The van der Waals surface area contributed by atoms with Gasteiger partial charge in [-0.3, -0.25) is 0 Å². The number of esters is 2. The van der Waals surface area contributed by atoms with E-state index in [4.69, 9.17) is 14.6 Å². The maximum atomic E-state index is 11.2. The zero-order valence-corrected chi connectivity index (χ0v) is 9.43. The van der Waals surface area contributed by atoms with Crippen LogP contribution in [0.1, 0.15) is 20.3 Å². The average molecular weight is 228 g/mol. The summed E-state index contributed by atoms with van der Waals surface area (Å²) in [5.41, 5.74) is 0.0912. The number of hydrogen-bond acceptors (Lipinski definition) is 5. The van der Waals surface area contributed by atoms with E-state index in [0.717, 1.165) is 6.08 Å². The third kappa shape index (κ3) is 5.19. The first-order valence-corrected chi connectivity index (χ1v) is 4.86. The van der Waals surface area contributed by atoms with Gasteiger partial charge in [-0.15, -0.1) is 0 Å². The van der Waals surface area contributed by atoms with E-state index in [1.54, 1.807) is 6.92 Å². The van der Waals surface area contributed by atoms with Gasteiger partial charge in [0.2, 0.25) is 0 Å². The van der Waals surface area contributed by atoms with Gasteiger partial charge in [0, 0.05) is 6.08 Å². The number of hydrogen-bond donors (Lipinski definition) is 1. The summed E-state index contributed by atoms with van der Waals surface area (Å²) in [5.74, 6) is -1.20. The highest BCUT2D eigenvalue weighted by atomic mass is 16.6. The Bertz CT molecular complexity index is 293. The molecule has 0 radical (unpaired) electrons. The zero-order valence-electron chi connectivity index (χ0n) is 9.43. The number of carbonyl (C=O) groups excluding carboxylic acids is 2. The van der Waals surface area contributed by atoms with Crippen molar-refractivity contribution in [2.75, 3.05) is 6.61 Å². The van der Waals surface area contributed by atoms with Crippen molar-refractivity contribution >= 4 is 11.9 Å². The highest BCUT2D eigenvalue weighted by Gasteiger charge is 2.15. The van der Waals surface area contributed by atoms with Crippen LogP contribution in [0.2, 0.25) is 0 Å². The Hall–Kier alpha value is -1.78. The fraction of sp³-hybridized carbons (Fsp3) is 0.455. The van der Waals surface area contributed by atoms with E-state index in [9.17, 15) is 9.59 Å². The number of aliphatic hydroxyl groups excluding tert-OH is 1. The van der Waals surface area contributed by atoms with Crippen molar-refractivity contribution in [2.45, 2.75) is 26.4 Å². The monoisotopic (exact) mass is 228 g/mol. The Labute approximate surface area is 94.4 Å². The quantitative estimate of drug-likeness (QED) is 0.423. The number of aliphatic hydroxyl groups is 1. The first-order valence-electron chi connectivity index (χ1n) is 4.86. The molecule has 0 fully saturated rings. The first kappa shape index (κ1) is 14.2. The van der Waals surface area contributed by atoms with Gasteiger partial charge >= 0.3 is 11.9 Å². The normalized spacial score (nSPS) is 12.8. The van der Waals surface area contributed by atoms with E-state index in [2.05, 4.69) is 6.58 Å². The van der Waals surface area contributed by atoms with E-state index in [-0.39, 0.29) is 12.2 Å². The molecule has 0 aromatic rings. The van der Waals surface area contributed by atoms with Crippen LogP contribution in [0.15, 0.2) is 24.5 Å². The standard InChI is InChI=1S/C11H16O5/c1-4-9(7-15-10(13)5-2)16-11(14)8(3)6-12/h5-6,9,12H,2,4,7H2,1,3H3/b8-6+. The fourth-order valence-corrected chi connectivity index (χ4v) is 0.766. The molecule has 1 N–H and O–H groups in total. The van der Waals surface area contributed by atoms with E-state index in [1.165, 1.54) is 6.92 Å². The SMILES string of the molecule is C=CC(=O)OCC(CC)OC(=O)/C(C)=C/O. The highest BCUT2D eigenvalue weighted by molar-refractivity contribution is 5.87. The topological polar surface area (TPSA) is 72.8 Å². The largest absolute Gasteiger partial charge is 0.515 e. The number of rotatable bonds is 6. The van der Waals surface area contributed by atoms with Crippen LogP contribution in [0.4, 0.5) is 0 Å². The minimum Gasteiger partial charge on any atom is -0.515 e. The van der Waals surface area contributed by atoms with E-state index >= 15 is 0 Å². The van der Waals surface area contributed by atoms with Crippen LogP contribution in [-0.4, -0.2) is 29.8 Å². The lowest BCUT2D eigenvalue weighted by molar-refractivity contribution is -0.153. The second kappa shape index (κ2) is 7.50. The summed E-state index contributed by atoms with van der Waals surface area (Å²) in [5, 5.41) is 8.59. The van der Waals surface area contributed by atoms with Crippen molar-refractivity contribution in [2.24, 2.45) is 0 Å². The molecule has 0 aromatic carbocycles. The van der Waals surface area contributed by atoms with Crippen LogP contribution in [0.5, 0.6) is 0 Å². The third-order valence-electron chi connectivity index (χ3n) is 1.82. The maximum Gasteiger partial charge on any atom is 0.337 e. The summed E-state index contributed by atoms with van der Waals surface area (Å²) in [6, 6.07) is 0. The van der Waals surface area contributed by atoms with Crippen molar-refractivity contribution in [3.63, 3.8) is 0 Å². The smallest absolute Gasteiger partial charge is 0.337 e. The van der Waals surface area contributed by atoms with Crippen molar-refractivity contribution in [1.29, 1.82) is 0 Å². The van der Waals surface area contributed by atoms with Gasteiger partial charge in [-0.05, 0) is 13.3 Å². The zero-order chi connectivity index (χ0) is 12.6. The Morgan fingerprint density at radius 2 is 2.12 bits per heavy atom. The van der Waals surface area contributed by atoms with Crippen molar-refractivity contribution < 1.29 is 24.2 Å². The molecule has 0 amide bonds. The van der Waals surface area contributed by atoms with Gasteiger partial charge in [0.15, 0.2) is 0 Å². The molecular formula is C11H16O5. The summed E-state index contributed by atoms with van der Waals surface area (Å²) >= 11 is 0. The number of carbonyl (C=O) groups is 2. The molecule has 0 rings (SSSR count). The molecule has 0 bridgehead atoms. The minimum absolute atomic E-state index is 0.0220. The summed E-state index contributed by atoms with van der Waals surface area (Å²) in [6.07, 6.45) is 1.69. The van der Waals surface area contributed by atoms with Crippen LogP contribution < -0.4 is 0 Å². The van der Waals surface area contributed by atoms with E-state index < -0.39 is 18.0 Å². The Balaban J connectivity index is 4.15. The summed E-state index contributed by atoms with van der Waals surface area (Å²) in [7, 11) is 0. The van der Waals surface area contributed by atoms with Gasteiger partial charge in [0.25, 0.3) is 0 Å². The molecule has 0 aromatic heterocycles. The van der Waals surface area contributed by atoms with Crippen molar-refractivity contribution in [3.8, 4) is 0 Å². The van der Waals surface area contributed by atoms with Gasteiger partial charge in [-0.1, -0.05) is 13.5 Å². The Morgan fingerprint density at radius 1 is 1.50 bits per heavy atom. The summed E-state index contributed by atoms with van der Waals surface area (Å²) in [6.45, 7) is 6.43. The second-order valence-electron chi connectivity index (χ2n) is 3.08. The van der Waals surface area contributed by atoms with Crippen LogP contribution in [0.3, 0.4) is 0 Å². The molecule has 1 atom stereocenters.